The van der Waals surface area contributed by atoms with Gasteiger partial charge in [-0.05, 0) is 37.5 Å². The highest BCUT2D eigenvalue weighted by Gasteiger charge is 2.25. The number of aryl methyl sites for hydroxylation is 1. The van der Waals surface area contributed by atoms with Crippen molar-refractivity contribution in [1.82, 2.24) is 24.8 Å². The Hall–Kier alpha value is -3.95. The summed E-state index contributed by atoms with van der Waals surface area (Å²) in [5.41, 5.74) is 0.775. The first-order valence-corrected chi connectivity index (χ1v) is 9.77. The maximum absolute atomic E-state index is 13.0. The van der Waals surface area contributed by atoms with Gasteiger partial charge in [0.25, 0.3) is 17.4 Å². The number of nitrogens with one attached hydrogen (secondary N) is 2. The van der Waals surface area contributed by atoms with Crippen LogP contribution in [0, 0.1) is 6.92 Å². The molecule has 1 aromatic carbocycles. The first-order chi connectivity index (χ1) is 14.8. The second kappa shape index (κ2) is 7.71. The summed E-state index contributed by atoms with van der Waals surface area (Å²) in [6.07, 6.45) is 1.99. The Bertz CT molecular complexity index is 1290. The predicted molar refractivity (Wildman–Crippen MR) is 112 cm³/mol. The lowest BCUT2D eigenvalue weighted by Crippen LogP contribution is -2.34. The maximum atomic E-state index is 13.0. The smallest absolute Gasteiger partial charge is 0.417 e. The fraction of sp³-hybridized carbons (Fsp3) is 0.286. The number of carbonyl (C=O) groups is 3. The van der Waals surface area contributed by atoms with Crippen molar-refractivity contribution in [3.63, 3.8) is 0 Å². The van der Waals surface area contributed by atoms with Gasteiger partial charge < -0.3 is 20.3 Å². The lowest BCUT2D eigenvalue weighted by atomic mass is 10.1. The minimum atomic E-state index is -1.19. The Balaban J connectivity index is 1.84. The van der Waals surface area contributed by atoms with Crippen LogP contribution in [0.25, 0.3) is 11.0 Å². The lowest BCUT2D eigenvalue weighted by molar-refractivity contribution is 0.0950. The molecule has 1 fully saturated rings. The van der Waals surface area contributed by atoms with Crippen molar-refractivity contribution in [3.8, 4) is 0 Å². The summed E-state index contributed by atoms with van der Waals surface area (Å²) in [6.45, 7) is 1.54. The Morgan fingerprint density at radius 1 is 1.23 bits per heavy atom. The molecule has 0 radical (unpaired) electrons. The molecule has 0 unspecified atom stereocenters. The number of carboxylic acid groups (broad SMARTS) is 1. The van der Waals surface area contributed by atoms with Crippen LogP contribution in [-0.2, 0) is 6.54 Å². The van der Waals surface area contributed by atoms with E-state index in [1.54, 1.807) is 25.1 Å². The second-order valence-corrected chi connectivity index (χ2v) is 7.46. The number of rotatable bonds is 5. The number of hydrogen-bond donors (Lipinski definition) is 3. The van der Waals surface area contributed by atoms with Gasteiger partial charge in [0.15, 0.2) is 0 Å². The average molecular weight is 423 g/mol. The first kappa shape index (κ1) is 20.3. The van der Waals surface area contributed by atoms with E-state index in [2.05, 4.69) is 15.6 Å². The summed E-state index contributed by atoms with van der Waals surface area (Å²) in [5.74, 6) is -0.679. The Morgan fingerprint density at radius 2 is 1.97 bits per heavy atom. The molecule has 10 nitrogen and oxygen atoms in total. The van der Waals surface area contributed by atoms with Crippen LogP contribution in [0.4, 0.5) is 4.79 Å². The molecule has 2 aromatic heterocycles. The van der Waals surface area contributed by atoms with Gasteiger partial charge in [-0.1, -0.05) is 12.1 Å². The summed E-state index contributed by atoms with van der Waals surface area (Å²) >= 11 is 0. The van der Waals surface area contributed by atoms with E-state index in [1.165, 1.54) is 23.9 Å². The molecule has 1 saturated carbocycles. The van der Waals surface area contributed by atoms with E-state index in [1.807, 2.05) is 0 Å². The van der Waals surface area contributed by atoms with E-state index in [9.17, 15) is 24.3 Å². The van der Waals surface area contributed by atoms with Gasteiger partial charge in [-0.2, -0.15) is 0 Å². The fourth-order valence-electron chi connectivity index (χ4n) is 3.53. The molecule has 160 valence electrons. The third-order valence-corrected chi connectivity index (χ3v) is 5.19. The van der Waals surface area contributed by atoms with Gasteiger partial charge in [0.2, 0.25) is 0 Å². The van der Waals surface area contributed by atoms with Gasteiger partial charge in [0.1, 0.15) is 11.4 Å². The third kappa shape index (κ3) is 3.79. The van der Waals surface area contributed by atoms with Crippen molar-refractivity contribution < 1.29 is 19.5 Å². The van der Waals surface area contributed by atoms with E-state index < -0.39 is 17.6 Å². The lowest BCUT2D eigenvalue weighted by Gasteiger charge is -2.13. The molecule has 3 aromatic rings. The van der Waals surface area contributed by atoms with Crippen LogP contribution in [0.15, 0.2) is 35.3 Å². The largest absolute Gasteiger partial charge is 0.464 e. The molecule has 0 aliphatic heterocycles. The van der Waals surface area contributed by atoms with E-state index in [-0.39, 0.29) is 29.6 Å². The maximum Gasteiger partial charge on any atom is 0.417 e. The highest BCUT2D eigenvalue weighted by molar-refractivity contribution is 5.99. The number of para-hydroxylation sites is 1. The molecule has 3 N–H and O–H groups in total. The summed E-state index contributed by atoms with van der Waals surface area (Å²) in [7, 11) is 1.40. The van der Waals surface area contributed by atoms with Crippen molar-refractivity contribution in [2.24, 2.45) is 0 Å². The molecular weight excluding hydrogens is 402 g/mol. The fourth-order valence-corrected chi connectivity index (χ4v) is 3.53. The molecule has 0 atom stereocenters. The van der Waals surface area contributed by atoms with Crippen LogP contribution >= 0.6 is 0 Å². The van der Waals surface area contributed by atoms with Crippen LogP contribution in [0.5, 0.6) is 0 Å². The topological polar surface area (TPSA) is 135 Å². The Kier molecular flexibility index (Phi) is 5.05. The first-order valence-electron chi connectivity index (χ1n) is 9.77. The van der Waals surface area contributed by atoms with E-state index >= 15 is 0 Å². The molecule has 0 saturated heterocycles. The monoisotopic (exact) mass is 423 g/mol. The molecule has 0 bridgehead atoms. The van der Waals surface area contributed by atoms with Crippen LogP contribution in [-0.4, -0.2) is 50.2 Å². The van der Waals surface area contributed by atoms with Gasteiger partial charge in [0.05, 0.1) is 23.1 Å². The number of fused-ring (bicyclic) bond motifs is 1. The number of amides is 2. The summed E-state index contributed by atoms with van der Waals surface area (Å²) in [4.78, 5) is 53.8. The number of nitrogens with zero attached hydrogens (tertiary/aromatic N) is 3. The van der Waals surface area contributed by atoms with Crippen molar-refractivity contribution in [2.45, 2.75) is 32.4 Å². The number of pyridine rings is 1. The van der Waals surface area contributed by atoms with Crippen molar-refractivity contribution in [3.05, 3.63) is 63.3 Å². The quantitative estimate of drug-likeness (QED) is 0.567. The minimum absolute atomic E-state index is 0.0386. The van der Waals surface area contributed by atoms with Gasteiger partial charge in [-0.3, -0.25) is 14.4 Å². The second-order valence-electron chi connectivity index (χ2n) is 7.46. The van der Waals surface area contributed by atoms with E-state index in [0.717, 1.165) is 17.4 Å². The highest BCUT2D eigenvalue weighted by Crippen LogP contribution is 2.22. The Morgan fingerprint density at radius 3 is 2.61 bits per heavy atom. The van der Waals surface area contributed by atoms with Crippen molar-refractivity contribution in [2.75, 3.05) is 7.05 Å². The summed E-state index contributed by atoms with van der Waals surface area (Å²) in [6, 6.07) is 6.47. The zero-order valence-electron chi connectivity index (χ0n) is 17.0. The predicted octanol–water partition coefficient (Wildman–Crippen LogP) is 1.33. The molecule has 4 rings (SSSR count). The third-order valence-electron chi connectivity index (χ3n) is 5.19. The minimum Gasteiger partial charge on any atom is -0.464 e. The van der Waals surface area contributed by atoms with Gasteiger partial charge in [0, 0.05) is 19.3 Å². The normalized spacial score (nSPS) is 13.2. The molecule has 2 amide bonds. The average Bonchev–Trinajstić information content (AvgIpc) is 3.47. The van der Waals surface area contributed by atoms with Gasteiger partial charge >= 0.3 is 6.09 Å². The molecule has 10 heteroatoms. The number of benzene rings is 1. The zero-order chi connectivity index (χ0) is 22.3. The van der Waals surface area contributed by atoms with Crippen LogP contribution in [0.3, 0.4) is 0 Å². The highest BCUT2D eigenvalue weighted by atomic mass is 16.4. The SMILES string of the molecule is CNC(=O)c1cc(C(=O)NC2CC2)cn(Cc2cccc3nc(C)n(C(=O)O)c23)c1=O. The van der Waals surface area contributed by atoms with Gasteiger partial charge in [-0.25, -0.2) is 14.3 Å². The molecule has 1 aliphatic rings. The molecule has 1 aliphatic carbocycles. The summed E-state index contributed by atoms with van der Waals surface area (Å²) < 4.78 is 2.30. The van der Waals surface area contributed by atoms with Crippen LogP contribution in [0.2, 0.25) is 0 Å². The van der Waals surface area contributed by atoms with Gasteiger partial charge in [-0.15, -0.1) is 0 Å². The standard InChI is InChI=1S/C21H21N5O5/c1-11-23-16-5-3-4-12(17(16)26(11)21(30)31)9-25-10-13(18(27)24-14-6-7-14)8-15(20(25)29)19(28)22-2/h3-5,8,10,14H,6-7,9H2,1-2H3,(H,22,28)(H,24,27)(H,30,31). The van der Waals surface area contributed by atoms with Crippen molar-refractivity contribution in [1.29, 1.82) is 0 Å². The van der Waals surface area contributed by atoms with Crippen LogP contribution in [0.1, 0.15) is 44.9 Å². The van der Waals surface area contributed by atoms with E-state index in [0.29, 0.717) is 22.4 Å². The zero-order valence-corrected chi connectivity index (χ0v) is 17.0. The number of hydrogen-bond acceptors (Lipinski definition) is 5. The molecule has 0 spiro atoms. The molecular formula is C21H21N5O5. The number of imidazole rings is 1. The summed E-state index contributed by atoms with van der Waals surface area (Å²) in [5, 5.41) is 14.9. The Labute approximate surface area is 176 Å². The molecule has 2 heterocycles. The van der Waals surface area contributed by atoms with E-state index in [4.69, 9.17) is 0 Å². The van der Waals surface area contributed by atoms with Crippen LogP contribution < -0.4 is 16.2 Å². The van der Waals surface area contributed by atoms with Crippen molar-refractivity contribution >= 4 is 28.9 Å². The number of carbonyl (C=O) groups excluding carboxylic acids is 2. The molecule has 31 heavy (non-hydrogen) atoms. The number of aromatic nitrogens is 3.